The maximum absolute atomic E-state index is 5.17. The molecule has 0 bridgehead atoms. The summed E-state index contributed by atoms with van der Waals surface area (Å²) >= 11 is 0. The summed E-state index contributed by atoms with van der Waals surface area (Å²) in [7, 11) is 0.365. The average molecular weight is 173 g/mol. The predicted octanol–water partition coefficient (Wildman–Crippen LogP) is 1.39. The van der Waals surface area contributed by atoms with Gasteiger partial charge in [-0.1, -0.05) is 26.7 Å². The minimum atomic E-state index is 0.365. The molecule has 72 valence electrons. The average Bonchev–Trinajstić information content (AvgIpc) is 2.10. The van der Waals surface area contributed by atoms with E-state index in [9.17, 15) is 0 Å². The molecular weight excluding hydrogens is 153 g/mol. The van der Waals surface area contributed by atoms with Crippen LogP contribution in [0.3, 0.4) is 0 Å². The second-order valence-electron chi connectivity index (χ2n) is 2.77. The summed E-state index contributed by atoms with van der Waals surface area (Å²) in [6, 6.07) is 0. The molecule has 0 aliphatic carbocycles. The van der Waals surface area contributed by atoms with Crippen LogP contribution in [0.4, 0.5) is 0 Å². The van der Waals surface area contributed by atoms with Gasteiger partial charge in [-0.15, -0.1) is 0 Å². The molecule has 0 saturated heterocycles. The number of nitrogens with one attached hydrogen (secondary N) is 1. The third-order valence-corrected chi connectivity index (χ3v) is 1.52. The Hall–Kier alpha value is -0.0551. The van der Waals surface area contributed by atoms with Gasteiger partial charge in [-0.3, -0.25) is 0 Å². The van der Waals surface area contributed by atoms with Gasteiger partial charge in [-0.2, -0.15) is 0 Å². The quantitative estimate of drug-likeness (QED) is 0.324. The van der Waals surface area contributed by atoms with Gasteiger partial charge in [-0.25, -0.2) is 5.48 Å². The van der Waals surface area contributed by atoms with E-state index in [0.29, 0.717) is 7.69 Å². The van der Waals surface area contributed by atoms with Crippen LogP contribution in [-0.4, -0.2) is 20.8 Å². The first-order valence-corrected chi connectivity index (χ1v) is 4.84. The van der Waals surface area contributed by atoms with E-state index < -0.39 is 0 Å². The molecule has 0 unspecified atom stereocenters. The van der Waals surface area contributed by atoms with Crippen molar-refractivity contribution in [1.29, 1.82) is 0 Å². The highest BCUT2D eigenvalue weighted by molar-refractivity contribution is 6.17. The van der Waals surface area contributed by atoms with E-state index in [4.69, 9.17) is 9.41 Å². The summed E-state index contributed by atoms with van der Waals surface area (Å²) in [5.74, 6) is 0. The van der Waals surface area contributed by atoms with Crippen molar-refractivity contribution in [1.82, 2.24) is 5.48 Å². The van der Waals surface area contributed by atoms with Crippen molar-refractivity contribution >= 4 is 7.69 Å². The predicted molar refractivity (Wildman–Crippen MR) is 52.0 cm³/mol. The van der Waals surface area contributed by atoms with Crippen LogP contribution in [0.1, 0.15) is 39.5 Å². The van der Waals surface area contributed by atoms with E-state index in [-0.39, 0.29) is 0 Å². The summed E-state index contributed by atoms with van der Waals surface area (Å²) in [5, 5.41) is 0. The van der Waals surface area contributed by atoms with Crippen LogP contribution in [0, 0.1) is 0 Å². The van der Waals surface area contributed by atoms with Crippen LogP contribution < -0.4 is 5.48 Å². The van der Waals surface area contributed by atoms with Crippen LogP contribution in [0.2, 0.25) is 0 Å². The molecule has 0 spiro atoms. The minimum absolute atomic E-state index is 0.365. The van der Waals surface area contributed by atoms with Crippen LogP contribution in [-0.2, 0) is 9.41 Å². The molecule has 12 heavy (non-hydrogen) atoms. The zero-order chi connectivity index (χ0) is 9.07. The number of unbranched alkanes of at least 4 members (excludes halogenated alkanes) is 2. The smallest absolute Gasteiger partial charge is 0.413 e. The maximum atomic E-state index is 5.17. The lowest BCUT2D eigenvalue weighted by molar-refractivity contribution is 0.145. The summed E-state index contributed by atoms with van der Waals surface area (Å²) in [4.78, 5) is 0. The molecule has 0 aliphatic heterocycles. The Morgan fingerprint density at radius 1 is 1.17 bits per heavy atom. The lowest BCUT2D eigenvalue weighted by atomic mass is 10.3. The fourth-order valence-electron chi connectivity index (χ4n) is 0.710. The van der Waals surface area contributed by atoms with Gasteiger partial charge < -0.3 is 9.41 Å². The van der Waals surface area contributed by atoms with Gasteiger partial charge in [0.25, 0.3) is 0 Å². The molecule has 4 heteroatoms. The third kappa shape index (κ3) is 9.94. The lowest BCUT2D eigenvalue weighted by Gasteiger charge is -2.03. The second-order valence-corrected chi connectivity index (χ2v) is 2.77. The number of rotatable bonds is 9. The van der Waals surface area contributed by atoms with E-state index in [1.54, 1.807) is 0 Å². The lowest BCUT2D eigenvalue weighted by Crippen LogP contribution is -2.20. The topological polar surface area (TPSA) is 30.5 Å². The second kappa shape index (κ2) is 10.9. The highest BCUT2D eigenvalue weighted by atomic mass is 16.7. The Morgan fingerprint density at radius 3 is 2.58 bits per heavy atom. The molecular formula is C8H20BNO2. The van der Waals surface area contributed by atoms with Crippen molar-refractivity contribution in [3.8, 4) is 0 Å². The van der Waals surface area contributed by atoms with Gasteiger partial charge in [0.05, 0.1) is 0 Å². The Kier molecular flexibility index (Phi) is 10.9. The fraction of sp³-hybridized carbons (Fsp3) is 1.00. The third-order valence-electron chi connectivity index (χ3n) is 1.52. The molecule has 0 fully saturated rings. The zero-order valence-corrected chi connectivity index (χ0v) is 8.27. The fourth-order valence-corrected chi connectivity index (χ4v) is 0.710. The van der Waals surface area contributed by atoms with E-state index in [2.05, 4.69) is 19.3 Å². The van der Waals surface area contributed by atoms with Gasteiger partial charge >= 0.3 is 7.69 Å². The van der Waals surface area contributed by atoms with Crippen LogP contribution in [0.5, 0.6) is 0 Å². The van der Waals surface area contributed by atoms with Gasteiger partial charge in [0.15, 0.2) is 0 Å². The molecule has 0 aromatic rings. The number of hydrogen-bond donors (Lipinski definition) is 1. The molecule has 0 radical (unpaired) electrons. The highest BCUT2D eigenvalue weighted by Crippen LogP contribution is 1.86. The summed E-state index contributed by atoms with van der Waals surface area (Å²) < 4.78 is 10.2. The monoisotopic (exact) mass is 173 g/mol. The van der Waals surface area contributed by atoms with Gasteiger partial charge in [-0.05, 0) is 12.8 Å². The SMILES string of the molecule is CCCCNOBOCCCC. The van der Waals surface area contributed by atoms with Gasteiger partial charge in [0.2, 0.25) is 0 Å². The molecule has 3 nitrogen and oxygen atoms in total. The first-order valence-electron chi connectivity index (χ1n) is 4.84. The molecule has 0 rings (SSSR count). The first kappa shape index (κ1) is 11.9. The molecule has 0 saturated carbocycles. The Balaban J connectivity index is 2.73. The summed E-state index contributed by atoms with van der Waals surface area (Å²) in [6.45, 7) is 6.00. The van der Waals surface area contributed by atoms with E-state index in [1.807, 2.05) is 0 Å². The largest absolute Gasteiger partial charge is 0.456 e. The Morgan fingerprint density at radius 2 is 1.92 bits per heavy atom. The summed E-state index contributed by atoms with van der Waals surface area (Å²) in [5.41, 5.74) is 2.84. The van der Waals surface area contributed by atoms with E-state index in [0.717, 1.165) is 26.0 Å². The van der Waals surface area contributed by atoms with Crippen molar-refractivity contribution in [2.75, 3.05) is 13.2 Å². The van der Waals surface area contributed by atoms with E-state index in [1.165, 1.54) is 12.8 Å². The zero-order valence-electron chi connectivity index (χ0n) is 8.27. The van der Waals surface area contributed by atoms with Crippen molar-refractivity contribution in [2.45, 2.75) is 39.5 Å². The normalized spacial score (nSPS) is 10.2. The van der Waals surface area contributed by atoms with Gasteiger partial charge in [0, 0.05) is 13.2 Å². The van der Waals surface area contributed by atoms with Crippen molar-refractivity contribution in [2.24, 2.45) is 0 Å². The summed E-state index contributed by atoms with van der Waals surface area (Å²) in [6.07, 6.45) is 4.61. The van der Waals surface area contributed by atoms with Crippen LogP contribution in [0.15, 0.2) is 0 Å². The van der Waals surface area contributed by atoms with Gasteiger partial charge in [0.1, 0.15) is 0 Å². The first-order chi connectivity index (χ1) is 5.91. The molecule has 0 atom stereocenters. The Bertz CT molecular complexity index is 73.5. The number of hydroxylamine groups is 1. The molecule has 0 amide bonds. The maximum Gasteiger partial charge on any atom is 0.456 e. The molecule has 1 N–H and O–H groups in total. The number of hydrogen-bond acceptors (Lipinski definition) is 3. The standard InChI is InChI=1S/C8H20BNO2/c1-3-5-7-10-12-9-11-8-6-4-2/h9-10H,3-8H2,1-2H3. The van der Waals surface area contributed by atoms with Crippen molar-refractivity contribution in [3.63, 3.8) is 0 Å². The van der Waals surface area contributed by atoms with Crippen molar-refractivity contribution < 1.29 is 9.41 Å². The minimum Gasteiger partial charge on any atom is -0.413 e. The highest BCUT2D eigenvalue weighted by Gasteiger charge is 1.91. The van der Waals surface area contributed by atoms with E-state index >= 15 is 0 Å². The molecule has 0 aliphatic rings. The molecule has 0 aromatic heterocycles. The molecule has 0 aromatic carbocycles. The van der Waals surface area contributed by atoms with Crippen molar-refractivity contribution in [3.05, 3.63) is 0 Å². The Labute approximate surface area is 76.1 Å². The molecule has 0 heterocycles. The van der Waals surface area contributed by atoms with Crippen LogP contribution >= 0.6 is 0 Å². The van der Waals surface area contributed by atoms with Crippen LogP contribution in [0.25, 0.3) is 0 Å².